The molecule has 0 aliphatic heterocycles. The van der Waals surface area contributed by atoms with Crippen LogP contribution in [0.3, 0.4) is 0 Å². The van der Waals surface area contributed by atoms with Crippen LogP contribution in [0.25, 0.3) is 0 Å². The Morgan fingerprint density at radius 3 is 1.46 bits per heavy atom. The van der Waals surface area contributed by atoms with Crippen molar-refractivity contribution in [3.63, 3.8) is 0 Å². The van der Waals surface area contributed by atoms with Crippen LogP contribution in [0, 0.1) is 0 Å². The topological polar surface area (TPSA) is 210 Å². The lowest BCUT2D eigenvalue weighted by molar-refractivity contribution is -0.220. The maximum Gasteiger partial charge on any atom is 0.472 e. The van der Waals surface area contributed by atoms with Gasteiger partial charge >= 0.3 is 19.8 Å². The van der Waals surface area contributed by atoms with E-state index >= 15 is 0 Å². The summed E-state index contributed by atoms with van der Waals surface area (Å²) in [6.45, 7) is 3.19. The molecule has 14 heteroatoms. The summed E-state index contributed by atoms with van der Waals surface area (Å²) in [6.07, 6.45) is 23.8. The number of rotatable bonds is 35. The number of ether oxygens (including phenoxy) is 2. The molecule has 0 saturated heterocycles. The van der Waals surface area contributed by atoms with Gasteiger partial charge in [-0.15, -0.1) is 0 Å². The zero-order chi connectivity index (χ0) is 42.2. The van der Waals surface area contributed by atoms with Crippen molar-refractivity contribution in [3.05, 3.63) is 36.5 Å². The van der Waals surface area contributed by atoms with E-state index in [2.05, 4.69) is 26.0 Å². The first-order chi connectivity index (χ1) is 27.4. The van der Waals surface area contributed by atoms with E-state index < -0.39 is 75.7 Å². The quantitative estimate of drug-likeness (QED) is 0.0156. The molecule has 6 N–H and O–H groups in total. The SMILES string of the molecule is CCCCCCCCCCC=CCC=CCCC(=O)OC(COC(=O)CCC=CCCCCCCCCCCC)COP(=O)(O)OC1C(O)C(O)C(O)C(O)C1O. The number of carbonyl (C=O) groups is 2. The van der Waals surface area contributed by atoms with Crippen molar-refractivity contribution in [1.29, 1.82) is 0 Å². The van der Waals surface area contributed by atoms with E-state index in [-0.39, 0.29) is 12.8 Å². The average molecular weight is 833 g/mol. The van der Waals surface area contributed by atoms with Gasteiger partial charge < -0.3 is 39.9 Å². The van der Waals surface area contributed by atoms with Gasteiger partial charge in [0.25, 0.3) is 0 Å². The van der Waals surface area contributed by atoms with Crippen molar-refractivity contribution in [1.82, 2.24) is 0 Å². The summed E-state index contributed by atoms with van der Waals surface area (Å²) >= 11 is 0. The number of aliphatic hydroxyl groups is 5. The van der Waals surface area contributed by atoms with Crippen LogP contribution in [0.5, 0.6) is 0 Å². The predicted molar refractivity (Wildman–Crippen MR) is 221 cm³/mol. The zero-order valence-electron chi connectivity index (χ0n) is 34.9. The first-order valence-corrected chi connectivity index (χ1v) is 23.3. The van der Waals surface area contributed by atoms with Crippen molar-refractivity contribution in [3.8, 4) is 0 Å². The first kappa shape index (κ1) is 53.1. The Balaban J connectivity index is 2.55. The van der Waals surface area contributed by atoms with E-state index in [1.54, 1.807) is 0 Å². The van der Waals surface area contributed by atoms with Crippen molar-refractivity contribution in [2.45, 2.75) is 211 Å². The lowest BCUT2D eigenvalue weighted by atomic mass is 9.85. The van der Waals surface area contributed by atoms with Gasteiger partial charge in [-0.1, -0.05) is 147 Å². The number of hydrogen-bond donors (Lipinski definition) is 6. The van der Waals surface area contributed by atoms with Crippen LogP contribution in [-0.2, 0) is 32.7 Å². The van der Waals surface area contributed by atoms with Crippen LogP contribution < -0.4 is 0 Å². The lowest BCUT2D eigenvalue weighted by Crippen LogP contribution is -2.64. The standard InChI is InChI=1S/C43H77O13P/c1-3-5-7-9-11-13-15-17-18-20-22-24-26-28-30-32-37(45)55-35(34-54-57(51,52)56-43-41(49)39(47)38(46)40(48)42(43)50)33-53-36(44)31-29-27-25-23-21-19-16-14-12-10-8-6-4-2/h20,22,25-28,35,38-43,46-50H,3-19,21,23-24,29-34H2,1-2H3,(H,51,52). The van der Waals surface area contributed by atoms with Crippen LogP contribution >= 0.6 is 7.82 Å². The number of carbonyl (C=O) groups excluding carboxylic acids is 2. The summed E-state index contributed by atoms with van der Waals surface area (Å²) in [5.74, 6) is -1.23. The van der Waals surface area contributed by atoms with E-state index in [0.717, 1.165) is 25.7 Å². The Labute approximate surface area is 342 Å². The second-order valence-corrected chi connectivity index (χ2v) is 16.6. The minimum absolute atomic E-state index is 0.0154. The molecular weight excluding hydrogens is 755 g/mol. The first-order valence-electron chi connectivity index (χ1n) is 21.8. The molecule has 1 aliphatic carbocycles. The van der Waals surface area contributed by atoms with E-state index in [0.29, 0.717) is 12.8 Å². The predicted octanol–water partition coefficient (Wildman–Crippen LogP) is 7.83. The highest BCUT2D eigenvalue weighted by Crippen LogP contribution is 2.47. The maximum atomic E-state index is 12.8. The fourth-order valence-electron chi connectivity index (χ4n) is 6.42. The summed E-state index contributed by atoms with van der Waals surface area (Å²) in [4.78, 5) is 35.5. The molecule has 57 heavy (non-hydrogen) atoms. The molecule has 0 aromatic heterocycles. The Hall–Kier alpha value is -1.93. The van der Waals surface area contributed by atoms with Crippen LogP contribution in [-0.4, -0.2) is 98.3 Å². The molecule has 0 bridgehead atoms. The molecule has 0 heterocycles. The minimum Gasteiger partial charge on any atom is -0.462 e. The fourth-order valence-corrected chi connectivity index (χ4v) is 7.39. The summed E-state index contributed by atoms with van der Waals surface area (Å²) < 4.78 is 33.3. The van der Waals surface area contributed by atoms with Gasteiger partial charge in [0.15, 0.2) is 6.10 Å². The molecule has 0 amide bonds. The van der Waals surface area contributed by atoms with Gasteiger partial charge in [0.1, 0.15) is 43.2 Å². The molecule has 1 aliphatic rings. The molecule has 13 nitrogen and oxygen atoms in total. The van der Waals surface area contributed by atoms with Gasteiger partial charge in [-0.25, -0.2) is 4.57 Å². The number of esters is 2. The molecular formula is C43H77O13P. The van der Waals surface area contributed by atoms with Gasteiger partial charge in [0.2, 0.25) is 0 Å². The Bertz CT molecular complexity index is 1150. The molecule has 6 atom stereocenters. The van der Waals surface area contributed by atoms with E-state index in [9.17, 15) is 44.6 Å². The Morgan fingerprint density at radius 1 is 0.544 bits per heavy atom. The molecule has 0 spiro atoms. The summed E-state index contributed by atoms with van der Waals surface area (Å²) in [7, 11) is -5.13. The summed E-state index contributed by atoms with van der Waals surface area (Å²) in [5.41, 5.74) is 0. The summed E-state index contributed by atoms with van der Waals surface area (Å²) in [5, 5.41) is 50.0. The fraction of sp³-hybridized carbons (Fsp3) is 0.814. The number of phosphoric acid groups is 1. The van der Waals surface area contributed by atoms with Gasteiger partial charge in [-0.3, -0.25) is 18.6 Å². The second kappa shape index (κ2) is 33.9. The van der Waals surface area contributed by atoms with Crippen LogP contribution in [0.4, 0.5) is 0 Å². The molecule has 0 aromatic carbocycles. The molecule has 332 valence electrons. The van der Waals surface area contributed by atoms with E-state index in [4.69, 9.17) is 18.5 Å². The van der Waals surface area contributed by atoms with Crippen LogP contribution in [0.1, 0.15) is 168 Å². The third kappa shape index (κ3) is 26.7. The molecule has 0 aromatic rings. The average Bonchev–Trinajstić information content (AvgIpc) is 3.19. The van der Waals surface area contributed by atoms with Gasteiger partial charge in [-0.2, -0.15) is 0 Å². The third-order valence-corrected chi connectivity index (χ3v) is 11.0. The molecule has 1 rings (SSSR count). The van der Waals surface area contributed by atoms with Crippen molar-refractivity contribution in [2.24, 2.45) is 0 Å². The van der Waals surface area contributed by atoms with E-state index in [1.165, 1.54) is 103 Å². The molecule has 0 radical (unpaired) electrons. The number of allylic oxidation sites excluding steroid dienone is 6. The molecule has 6 unspecified atom stereocenters. The van der Waals surface area contributed by atoms with E-state index in [1.807, 2.05) is 24.3 Å². The highest BCUT2D eigenvalue weighted by molar-refractivity contribution is 7.47. The van der Waals surface area contributed by atoms with Crippen molar-refractivity contribution >= 4 is 19.8 Å². The number of unbranched alkanes of at least 4 members (excludes halogenated alkanes) is 17. The lowest BCUT2D eigenvalue weighted by Gasteiger charge is -2.41. The van der Waals surface area contributed by atoms with Crippen molar-refractivity contribution < 1.29 is 63.1 Å². The Kier molecular flexibility index (Phi) is 31.5. The maximum absolute atomic E-state index is 12.8. The largest absolute Gasteiger partial charge is 0.472 e. The highest BCUT2D eigenvalue weighted by atomic mass is 31.2. The number of phosphoric ester groups is 1. The highest BCUT2D eigenvalue weighted by Gasteiger charge is 2.51. The second-order valence-electron chi connectivity index (χ2n) is 15.2. The molecule has 1 fully saturated rings. The summed E-state index contributed by atoms with van der Waals surface area (Å²) in [6, 6.07) is 0. The molecule has 1 saturated carbocycles. The van der Waals surface area contributed by atoms with Crippen LogP contribution in [0.2, 0.25) is 0 Å². The van der Waals surface area contributed by atoms with Crippen LogP contribution in [0.15, 0.2) is 36.5 Å². The Morgan fingerprint density at radius 2 is 0.947 bits per heavy atom. The normalized spacial score (nSPS) is 23.0. The number of hydrogen-bond acceptors (Lipinski definition) is 12. The monoisotopic (exact) mass is 833 g/mol. The van der Waals surface area contributed by atoms with Gasteiger partial charge in [-0.05, 0) is 44.9 Å². The zero-order valence-corrected chi connectivity index (χ0v) is 35.8. The minimum atomic E-state index is -5.13. The third-order valence-electron chi connectivity index (χ3n) is 9.98. The number of aliphatic hydroxyl groups excluding tert-OH is 5. The smallest absolute Gasteiger partial charge is 0.462 e. The van der Waals surface area contributed by atoms with Gasteiger partial charge in [0, 0.05) is 12.8 Å². The van der Waals surface area contributed by atoms with Gasteiger partial charge in [0.05, 0.1) is 6.61 Å². The van der Waals surface area contributed by atoms with Crippen molar-refractivity contribution in [2.75, 3.05) is 13.2 Å².